The number of hydrogen-bond acceptors (Lipinski definition) is 2. The van der Waals surface area contributed by atoms with Gasteiger partial charge in [0.1, 0.15) is 0 Å². The molecule has 0 spiro atoms. The van der Waals surface area contributed by atoms with Crippen molar-refractivity contribution in [3.8, 4) is 0 Å². The number of nitrogens with two attached hydrogens (primary N) is 1. The molecule has 0 aromatic carbocycles. The molecule has 0 amide bonds. The van der Waals surface area contributed by atoms with Gasteiger partial charge in [-0.2, -0.15) is 0 Å². The number of carbonyl (C=O) groups is 1. The summed E-state index contributed by atoms with van der Waals surface area (Å²) >= 11 is 0. The van der Waals surface area contributed by atoms with Crippen molar-refractivity contribution < 1.29 is 9.90 Å². The Morgan fingerprint density at radius 2 is 2.25 bits per heavy atom. The molecule has 0 radical (unpaired) electrons. The van der Waals surface area contributed by atoms with Crippen LogP contribution in [-0.2, 0) is 4.79 Å². The lowest BCUT2D eigenvalue weighted by molar-refractivity contribution is -0.132. The van der Waals surface area contributed by atoms with Crippen LogP contribution in [0.15, 0.2) is 36.1 Å². The predicted octanol–water partition coefficient (Wildman–Crippen LogP) is 1.44. The average molecular weight is 167 g/mol. The molecule has 0 aliphatic carbocycles. The highest BCUT2D eigenvalue weighted by Gasteiger charge is 2.04. The lowest BCUT2D eigenvalue weighted by Crippen LogP contribution is -2.06. The van der Waals surface area contributed by atoms with Crippen LogP contribution in [0.4, 0.5) is 0 Å². The van der Waals surface area contributed by atoms with Gasteiger partial charge in [-0.15, -0.1) is 0 Å². The zero-order valence-corrected chi connectivity index (χ0v) is 7.08. The summed E-state index contributed by atoms with van der Waals surface area (Å²) in [6.07, 6.45) is 5.43. The molecule has 3 heteroatoms. The normalized spacial score (nSPS) is 12.8. The van der Waals surface area contributed by atoms with Crippen LogP contribution in [0.2, 0.25) is 0 Å². The van der Waals surface area contributed by atoms with Gasteiger partial charge in [0.2, 0.25) is 0 Å². The fourth-order valence-electron chi connectivity index (χ4n) is 0.663. The second-order valence-electron chi connectivity index (χ2n) is 2.19. The van der Waals surface area contributed by atoms with Gasteiger partial charge in [-0.05, 0) is 12.5 Å². The van der Waals surface area contributed by atoms with Crippen LogP contribution in [-0.4, -0.2) is 11.1 Å². The molecule has 0 fully saturated rings. The Morgan fingerprint density at radius 1 is 1.67 bits per heavy atom. The van der Waals surface area contributed by atoms with Gasteiger partial charge in [-0.1, -0.05) is 25.7 Å². The Balaban J connectivity index is 4.72. The molecule has 0 aromatic heterocycles. The quantitative estimate of drug-likeness (QED) is 0.492. The maximum Gasteiger partial charge on any atom is 0.337 e. The second-order valence-corrected chi connectivity index (χ2v) is 2.19. The molecule has 0 atom stereocenters. The minimum atomic E-state index is -1.05. The summed E-state index contributed by atoms with van der Waals surface area (Å²) in [6.45, 7) is 5.30. The van der Waals surface area contributed by atoms with Crippen molar-refractivity contribution in [3.05, 3.63) is 36.1 Å². The van der Waals surface area contributed by atoms with Crippen LogP contribution in [0, 0.1) is 0 Å². The Labute approximate surface area is 71.9 Å². The number of rotatable bonds is 4. The maximum atomic E-state index is 10.5. The van der Waals surface area contributed by atoms with Gasteiger partial charge in [-0.25, -0.2) is 4.79 Å². The van der Waals surface area contributed by atoms with E-state index < -0.39 is 5.97 Å². The molecular formula is C9H13NO2. The zero-order chi connectivity index (χ0) is 9.56. The fraction of sp³-hybridized carbons (Fsp3) is 0.222. The van der Waals surface area contributed by atoms with Crippen molar-refractivity contribution in [2.24, 2.45) is 5.73 Å². The first kappa shape index (κ1) is 10.5. The van der Waals surface area contributed by atoms with Crippen molar-refractivity contribution in [1.82, 2.24) is 0 Å². The molecule has 66 valence electrons. The molecule has 12 heavy (non-hydrogen) atoms. The van der Waals surface area contributed by atoms with Gasteiger partial charge in [0.05, 0.1) is 5.57 Å². The molecule has 0 heterocycles. The van der Waals surface area contributed by atoms with E-state index in [9.17, 15) is 4.79 Å². The standard InChI is InChI=1S/C9H13NO2/c1-3-5-6-8(10)7(4-2)9(11)12/h4-6H,2-3,10H2,1H3,(H,11,12)/b6-5-,8-7-. The number of carboxylic acid groups (broad SMARTS) is 1. The number of aliphatic carboxylic acids is 1. The van der Waals surface area contributed by atoms with E-state index in [1.165, 1.54) is 6.08 Å². The Morgan fingerprint density at radius 3 is 2.58 bits per heavy atom. The topological polar surface area (TPSA) is 63.3 Å². The van der Waals surface area contributed by atoms with Crippen LogP contribution >= 0.6 is 0 Å². The summed E-state index contributed by atoms with van der Waals surface area (Å²) in [4.78, 5) is 10.5. The molecule has 0 unspecified atom stereocenters. The van der Waals surface area contributed by atoms with Gasteiger partial charge in [0, 0.05) is 5.70 Å². The van der Waals surface area contributed by atoms with E-state index in [4.69, 9.17) is 10.8 Å². The first-order valence-electron chi connectivity index (χ1n) is 3.65. The van der Waals surface area contributed by atoms with Crippen LogP contribution in [0.25, 0.3) is 0 Å². The summed E-state index contributed by atoms with van der Waals surface area (Å²) in [5, 5.41) is 8.60. The van der Waals surface area contributed by atoms with E-state index in [1.807, 2.05) is 6.92 Å². The van der Waals surface area contributed by atoms with Crippen molar-refractivity contribution in [2.75, 3.05) is 0 Å². The van der Waals surface area contributed by atoms with Gasteiger partial charge in [-0.3, -0.25) is 0 Å². The molecule has 0 saturated carbocycles. The smallest absolute Gasteiger partial charge is 0.337 e. The lowest BCUT2D eigenvalue weighted by atomic mass is 10.2. The van der Waals surface area contributed by atoms with Crippen LogP contribution < -0.4 is 5.73 Å². The Kier molecular flexibility index (Phi) is 4.53. The molecule has 3 N–H and O–H groups in total. The highest BCUT2D eigenvalue weighted by molar-refractivity contribution is 5.91. The third-order valence-corrected chi connectivity index (χ3v) is 1.28. The second kappa shape index (κ2) is 5.18. The first-order valence-corrected chi connectivity index (χ1v) is 3.65. The molecular weight excluding hydrogens is 154 g/mol. The van der Waals surface area contributed by atoms with Crippen molar-refractivity contribution in [1.29, 1.82) is 0 Å². The van der Waals surface area contributed by atoms with Crippen LogP contribution in [0.5, 0.6) is 0 Å². The number of allylic oxidation sites excluding steroid dienone is 2. The maximum absolute atomic E-state index is 10.5. The zero-order valence-electron chi connectivity index (χ0n) is 7.08. The molecule has 0 rings (SSSR count). The largest absolute Gasteiger partial charge is 0.478 e. The van der Waals surface area contributed by atoms with Gasteiger partial charge in [0.15, 0.2) is 0 Å². The number of carboxylic acids is 1. The third-order valence-electron chi connectivity index (χ3n) is 1.28. The highest BCUT2D eigenvalue weighted by Crippen LogP contribution is 2.02. The van der Waals surface area contributed by atoms with E-state index in [0.717, 1.165) is 6.42 Å². The summed E-state index contributed by atoms with van der Waals surface area (Å²) < 4.78 is 0. The average Bonchev–Trinajstić information content (AvgIpc) is 2.01. The minimum absolute atomic E-state index is 0.0414. The molecule has 0 bridgehead atoms. The third kappa shape index (κ3) is 3.05. The minimum Gasteiger partial charge on any atom is -0.478 e. The summed E-state index contributed by atoms with van der Waals surface area (Å²) in [5.41, 5.74) is 5.73. The van der Waals surface area contributed by atoms with Gasteiger partial charge >= 0.3 is 5.97 Å². The summed E-state index contributed by atoms with van der Waals surface area (Å²) in [5.74, 6) is -1.05. The fourth-order valence-corrected chi connectivity index (χ4v) is 0.663. The lowest BCUT2D eigenvalue weighted by Gasteiger charge is -1.97. The predicted molar refractivity (Wildman–Crippen MR) is 48.5 cm³/mol. The summed E-state index contributed by atoms with van der Waals surface area (Å²) in [6, 6.07) is 0. The van der Waals surface area contributed by atoms with Crippen LogP contribution in [0.1, 0.15) is 13.3 Å². The first-order chi connectivity index (χ1) is 5.63. The van der Waals surface area contributed by atoms with Gasteiger partial charge < -0.3 is 10.8 Å². The van der Waals surface area contributed by atoms with Crippen molar-refractivity contribution in [2.45, 2.75) is 13.3 Å². The highest BCUT2D eigenvalue weighted by atomic mass is 16.4. The van der Waals surface area contributed by atoms with E-state index in [0.29, 0.717) is 0 Å². The Bertz CT molecular complexity index is 239. The van der Waals surface area contributed by atoms with E-state index in [-0.39, 0.29) is 11.3 Å². The Hall–Kier alpha value is -1.51. The molecule has 3 nitrogen and oxygen atoms in total. The summed E-state index contributed by atoms with van der Waals surface area (Å²) in [7, 11) is 0. The molecule has 0 aliphatic heterocycles. The molecule has 0 aliphatic rings. The van der Waals surface area contributed by atoms with Crippen molar-refractivity contribution in [3.63, 3.8) is 0 Å². The van der Waals surface area contributed by atoms with Crippen molar-refractivity contribution >= 4 is 5.97 Å². The van der Waals surface area contributed by atoms with Gasteiger partial charge in [0.25, 0.3) is 0 Å². The monoisotopic (exact) mass is 167 g/mol. The van der Waals surface area contributed by atoms with Crippen LogP contribution in [0.3, 0.4) is 0 Å². The van der Waals surface area contributed by atoms with E-state index in [1.54, 1.807) is 12.2 Å². The van der Waals surface area contributed by atoms with E-state index in [2.05, 4.69) is 6.58 Å². The van der Waals surface area contributed by atoms with E-state index >= 15 is 0 Å². The SMILES string of the molecule is C=C/C(C(=O)O)=C(N)\C=C/CC. The number of hydrogen-bond donors (Lipinski definition) is 2. The molecule has 0 saturated heterocycles. The molecule has 0 aromatic rings.